The topological polar surface area (TPSA) is 395 Å². The zero-order chi connectivity index (χ0) is 50.4. The summed E-state index contributed by atoms with van der Waals surface area (Å²) < 4.78 is 21.4. The molecule has 368 valence electrons. The van der Waals surface area contributed by atoms with Gasteiger partial charge in [0.05, 0.1) is 29.4 Å². The summed E-state index contributed by atoms with van der Waals surface area (Å²) in [6, 6.07) is 2.28. The SMILES string of the molecule is CC(C)(C)C(CO)C(=O)CCC1OC(c2cc(O)c(O)c(C(=O)N[C@H]3COC(=O)[C@@H](NC(=O)c4cccc(O)c4O)COC(=O)[C@@H](NC(=O)c4cccc(O)c4O)COC3=O)c2)C(O)C(O)C1O. The molecule has 0 aliphatic carbocycles. The summed E-state index contributed by atoms with van der Waals surface area (Å²) in [6.45, 7) is 1.52. The highest BCUT2D eigenvalue weighted by molar-refractivity contribution is 6.02. The summed E-state index contributed by atoms with van der Waals surface area (Å²) in [7, 11) is 0. The maximum absolute atomic E-state index is 13.9. The fourth-order valence-electron chi connectivity index (χ4n) is 7.20. The lowest BCUT2D eigenvalue weighted by Crippen LogP contribution is -2.54. The van der Waals surface area contributed by atoms with Gasteiger partial charge in [0, 0.05) is 12.3 Å². The second-order valence-corrected chi connectivity index (χ2v) is 16.9. The first-order chi connectivity index (χ1) is 31.9. The van der Waals surface area contributed by atoms with Crippen molar-refractivity contribution in [1.29, 1.82) is 0 Å². The van der Waals surface area contributed by atoms with E-state index < -0.39 is 173 Å². The first-order valence-electron chi connectivity index (χ1n) is 20.8. The zero-order valence-corrected chi connectivity index (χ0v) is 36.5. The van der Waals surface area contributed by atoms with E-state index in [0.29, 0.717) is 0 Å². The molecule has 24 nitrogen and oxygen atoms in total. The Kier molecular flexibility index (Phi) is 16.4. The molecule has 2 heterocycles. The maximum atomic E-state index is 13.9. The van der Waals surface area contributed by atoms with E-state index in [1.54, 1.807) is 20.8 Å². The minimum Gasteiger partial charge on any atom is -0.504 e. The molecule has 0 saturated carbocycles. The van der Waals surface area contributed by atoms with E-state index >= 15 is 0 Å². The molecule has 6 unspecified atom stereocenters. The van der Waals surface area contributed by atoms with Crippen LogP contribution in [-0.2, 0) is 38.1 Å². The first kappa shape index (κ1) is 51.7. The molecule has 24 heteroatoms. The number of phenols is 6. The highest BCUT2D eigenvalue weighted by Gasteiger charge is 2.45. The number of carbonyl (C=O) groups excluding carboxylic acids is 7. The van der Waals surface area contributed by atoms with E-state index in [0.717, 1.165) is 36.4 Å². The minimum absolute atomic E-state index is 0.212. The van der Waals surface area contributed by atoms with Crippen molar-refractivity contribution in [2.75, 3.05) is 26.4 Å². The normalized spacial score (nSPS) is 24.1. The van der Waals surface area contributed by atoms with Crippen LogP contribution in [0.25, 0.3) is 0 Å². The molecule has 2 aliphatic rings. The van der Waals surface area contributed by atoms with Crippen LogP contribution in [0.15, 0.2) is 48.5 Å². The summed E-state index contributed by atoms with van der Waals surface area (Å²) in [5.74, 6) is -14.6. The fraction of sp³-hybridized carbons (Fsp3) is 0.432. The molecule has 2 saturated heterocycles. The number of aliphatic hydroxyl groups is 4. The molecule has 13 N–H and O–H groups in total. The van der Waals surface area contributed by atoms with Crippen molar-refractivity contribution in [2.24, 2.45) is 11.3 Å². The average molecular weight is 958 g/mol. The molecular formula is C44H51N3O21. The Morgan fingerprint density at radius 2 is 1.04 bits per heavy atom. The number of cyclic esters (lactones) is 3. The number of amides is 3. The second kappa shape index (κ2) is 21.6. The third-order valence-electron chi connectivity index (χ3n) is 11.2. The number of Topliss-reactive ketones (excluding diaryl/α,β-unsaturated/α-hetero) is 1. The van der Waals surface area contributed by atoms with E-state index in [2.05, 4.69) is 16.0 Å². The third-order valence-corrected chi connectivity index (χ3v) is 11.2. The lowest BCUT2D eigenvalue weighted by atomic mass is 9.77. The number of hydrogen-bond donors (Lipinski definition) is 13. The molecule has 2 fully saturated rings. The Bertz CT molecular complexity index is 2360. The largest absolute Gasteiger partial charge is 0.504 e. The van der Waals surface area contributed by atoms with Crippen molar-refractivity contribution in [1.82, 2.24) is 16.0 Å². The monoisotopic (exact) mass is 957 g/mol. The molecule has 5 rings (SSSR count). The van der Waals surface area contributed by atoms with Gasteiger partial charge < -0.3 is 86.0 Å². The molecule has 3 aromatic carbocycles. The van der Waals surface area contributed by atoms with Crippen LogP contribution in [0.1, 0.15) is 76.4 Å². The van der Waals surface area contributed by atoms with Gasteiger partial charge in [-0.2, -0.15) is 0 Å². The lowest BCUT2D eigenvalue weighted by molar-refractivity contribution is -0.226. The maximum Gasteiger partial charge on any atom is 0.332 e. The predicted molar refractivity (Wildman–Crippen MR) is 226 cm³/mol. The number of phenolic OH excluding ortho intramolecular Hbond substituents is 6. The number of ketones is 1. The molecule has 0 radical (unpaired) electrons. The number of para-hydroxylation sites is 2. The number of esters is 3. The van der Waals surface area contributed by atoms with Crippen molar-refractivity contribution in [3.63, 3.8) is 0 Å². The highest BCUT2D eigenvalue weighted by Crippen LogP contribution is 2.40. The van der Waals surface area contributed by atoms with Crippen LogP contribution in [-0.4, -0.2) is 161 Å². The Morgan fingerprint density at radius 1 is 0.618 bits per heavy atom. The fourth-order valence-corrected chi connectivity index (χ4v) is 7.20. The molecule has 68 heavy (non-hydrogen) atoms. The minimum atomic E-state index is -2.07. The van der Waals surface area contributed by atoms with Gasteiger partial charge in [0.2, 0.25) is 0 Å². The summed E-state index contributed by atoms with van der Waals surface area (Å²) in [4.78, 5) is 93.7. The lowest BCUT2D eigenvalue weighted by Gasteiger charge is -2.41. The zero-order valence-electron chi connectivity index (χ0n) is 36.5. The molecule has 9 atom stereocenters. The number of carbonyl (C=O) groups is 7. The number of benzene rings is 3. The van der Waals surface area contributed by atoms with Crippen LogP contribution in [0.5, 0.6) is 34.5 Å². The average Bonchev–Trinajstić information content (AvgIpc) is 3.28. The standard InChI is InChI=1S/C44H51N3O21/c1-44(2,3)22(14-48)26(49)10-11-30-34(56)35(57)36(58)37(68-30)18-12-21(33(55)29(52)13-18)40(61)47-25-17-67-42(63)23(45-38(59)19-6-4-8-27(50)31(19)53)15-65-41(62)24(16-66-43(25)64)46-39(60)20-7-5-9-28(51)32(20)54/h4-9,12-13,22-25,30,34-37,48,50-58H,10-11,14-17H2,1-3H3,(H,45,59)(H,46,60)(H,47,61)/t22?,23-,24-,25-,30?,34?,35?,36?,37?/m0/s1. The van der Waals surface area contributed by atoms with Crippen LogP contribution in [0.4, 0.5) is 0 Å². The van der Waals surface area contributed by atoms with Gasteiger partial charge in [-0.1, -0.05) is 32.9 Å². The van der Waals surface area contributed by atoms with Gasteiger partial charge in [-0.15, -0.1) is 0 Å². The first-order valence-corrected chi connectivity index (χ1v) is 20.8. The van der Waals surface area contributed by atoms with E-state index in [9.17, 15) is 84.6 Å². The van der Waals surface area contributed by atoms with E-state index in [1.807, 2.05) is 0 Å². The molecule has 0 spiro atoms. The molecule has 0 bridgehead atoms. The van der Waals surface area contributed by atoms with E-state index in [-0.39, 0.29) is 24.2 Å². The van der Waals surface area contributed by atoms with Gasteiger partial charge in [0.1, 0.15) is 50.0 Å². The van der Waals surface area contributed by atoms with Crippen molar-refractivity contribution in [3.8, 4) is 34.5 Å². The number of aliphatic hydroxyl groups excluding tert-OH is 4. The summed E-state index contributed by atoms with van der Waals surface area (Å²) >= 11 is 0. The summed E-state index contributed by atoms with van der Waals surface area (Å²) in [5.41, 5.74) is -2.83. The molecule has 3 amide bonds. The quantitative estimate of drug-likeness (QED) is 0.0575. The molecule has 2 aliphatic heterocycles. The number of hydrogen-bond acceptors (Lipinski definition) is 21. The van der Waals surface area contributed by atoms with Gasteiger partial charge in [0.25, 0.3) is 17.7 Å². The smallest absolute Gasteiger partial charge is 0.332 e. The number of rotatable bonds is 12. The Labute approximate surface area is 385 Å². The van der Waals surface area contributed by atoms with Crippen LogP contribution in [0.2, 0.25) is 0 Å². The predicted octanol–water partition coefficient (Wildman–Crippen LogP) is -1.21. The summed E-state index contributed by atoms with van der Waals surface area (Å²) in [6.07, 6.45) is -8.99. The van der Waals surface area contributed by atoms with Crippen LogP contribution >= 0.6 is 0 Å². The van der Waals surface area contributed by atoms with Gasteiger partial charge in [-0.3, -0.25) is 19.2 Å². The van der Waals surface area contributed by atoms with Crippen molar-refractivity contribution in [3.05, 3.63) is 70.8 Å². The third kappa shape index (κ3) is 11.8. The van der Waals surface area contributed by atoms with E-state index in [1.165, 1.54) is 12.1 Å². The van der Waals surface area contributed by atoms with Gasteiger partial charge in [-0.25, -0.2) is 14.4 Å². The van der Waals surface area contributed by atoms with E-state index in [4.69, 9.17) is 18.9 Å². The van der Waals surface area contributed by atoms with Gasteiger partial charge >= 0.3 is 17.9 Å². The van der Waals surface area contributed by atoms with Crippen molar-refractivity contribution >= 4 is 41.4 Å². The molecule has 0 aromatic heterocycles. The number of nitrogens with one attached hydrogen (secondary N) is 3. The number of aromatic hydroxyl groups is 6. The van der Waals surface area contributed by atoms with Gasteiger partial charge in [-0.05, 0) is 53.8 Å². The molecular weight excluding hydrogens is 906 g/mol. The van der Waals surface area contributed by atoms with Crippen LogP contribution in [0.3, 0.4) is 0 Å². The van der Waals surface area contributed by atoms with Crippen LogP contribution < -0.4 is 16.0 Å². The highest BCUT2D eigenvalue weighted by atomic mass is 16.6. The van der Waals surface area contributed by atoms with Gasteiger partial charge in [0.15, 0.2) is 52.6 Å². The Morgan fingerprint density at radius 3 is 1.47 bits per heavy atom. The Hall–Kier alpha value is -7.25. The summed E-state index contributed by atoms with van der Waals surface area (Å²) in [5, 5.41) is 111. The van der Waals surface area contributed by atoms with Crippen molar-refractivity contribution in [2.45, 2.75) is 82.3 Å². The number of ether oxygens (including phenoxy) is 4. The van der Waals surface area contributed by atoms with Crippen molar-refractivity contribution < 1.29 is 104 Å². The second-order valence-electron chi connectivity index (χ2n) is 16.9. The molecule has 3 aromatic rings. The Balaban J connectivity index is 1.42. The van der Waals surface area contributed by atoms with Crippen LogP contribution in [0, 0.1) is 11.3 Å².